The van der Waals surface area contributed by atoms with Gasteiger partial charge in [-0.2, -0.15) is 29.8 Å². The average Bonchev–Trinajstić information content (AvgIpc) is 1.55. The molecule has 0 aromatic carbocycles. The number of hydrogen-bond acceptors (Lipinski definition) is 30. The fraction of sp³-hybridized carbons (Fsp3) is 0.647. The van der Waals surface area contributed by atoms with Crippen molar-refractivity contribution in [2.45, 2.75) is 208 Å². The number of H-pyrrole nitrogens is 2. The van der Waals surface area contributed by atoms with Crippen LogP contribution in [0.3, 0.4) is 0 Å². The van der Waals surface area contributed by atoms with Crippen LogP contribution in [-0.2, 0) is 111 Å². The van der Waals surface area contributed by atoms with E-state index in [1.54, 1.807) is 41.5 Å². The van der Waals surface area contributed by atoms with Crippen molar-refractivity contribution in [3.05, 3.63) is 67.5 Å². The van der Waals surface area contributed by atoms with Crippen LogP contribution in [0.1, 0.15) is 203 Å². The molecule has 0 radical (unpaired) electrons. The van der Waals surface area contributed by atoms with E-state index in [2.05, 4.69) is 136 Å². The molecule has 36 heteroatoms. The molecule has 14 N–H and O–H groups in total. The van der Waals surface area contributed by atoms with E-state index in [1.807, 2.05) is 27.9 Å². The third-order valence-electron chi connectivity index (χ3n) is 21.0. The van der Waals surface area contributed by atoms with Crippen molar-refractivity contribution >= 4 is 71.2 Å². The Morgan fingerprint density at radius 1 is 0.356 bits per heavy atom. The predicted octanol–water partition coefficient (Wildman–Crippen LogP) is 6.35. The first-order valence-electron chi connectivity index (χ1n) is 35.2. The molecule has 6 aromatic heterocycles. The third-order valence-corrected chi connectivity index (χ3v) is 21.0. The molecular weight excluding hydrogens is 1340 g/mol. The molecule has 36 nitrogen and oxygen atoms in total. The highest BCUT2D eigenvalue weighted by atomic mass is 16.6. The highest BCUT2D eigenvalue weighted by molar-refractivity contribution is 5.77. The van der Waals surface area contributed by atoms with Crippen molar-refractivity contribution in [1.82, 2.24) is 88.9 Å². The van der Waals surface area contributed by atoms with E-state index in [0.717, 1.165) is 113 Å². The molecular formula is C68H110N24O12. The summed E-state index contributed by atoms with van der Waals surface area (Å²) in [6.45, 7) is 33.0. The van der Waals surface area contributed by atoms with Crippen molar-refractivity contribution in [3.8, 4) is 0 Å². The smallest absolute Gasteiger partial charge is 0.436 e. The van der Waals surface area contributed by atoms with E-state index >= 15 is 0 Å². The summed E-state index contributed by atoms with van der Waals surface area (Å²) in [5.41, 5.74) is 47.1. The average molecular weight is 1460 g/mol. The first kappa shape index (κ1) is 80.3. The fourth-order valence-corrected chi connectivity index (χ4v) is 13.9. The lowest BCUT2D eigenvalue weighted by molar-refractivity contribution is -0.141. The third kappa shape index (κ3) is 15.3. The van der Waals surface area contributed by atoms with Crippen LogP contribution in [0, 0.1) is 0 Å². The number of rotatable bonds is 6. The number of hydrogen-bond donors (Lipinski definition) is 8. The number of esters is 2. The molecule has 3 fully saturated rings. The molecule has 3 aliphatic carbocycles. The highest BCUT2D eigenvalue weighted by Gasteiger charge is 2.58. The molecule has 0 atom stereocenters. The van der Waals surface area contributed by atoms with Gasteiger partial charge in [-0.3, -0.25) is 49.2 Å². The molecule has 574 valence electrons. The quantitative estimate of drug-likeness (QED) is 0.0665. The van der Waals surface area contributed by atoms with Crippen LogP contribution >= 0.6 is 0 Å². The molecule has 12 heterocycles. The van der Waals surface area contributed by atoms with E-state index < -0.39 is 24.4 Å². The zero-order valence-corrected chi connectivity index (χ0v) is 64.2. The Labute approximate surface area is 606 Å². The number of nitrogens with one attached hydrogen (secondary N) is 2. The summed E-state index contributed by atoms with van der Waals surface area (Å²) in [5, 5.41) is 30.9. The standard InChI is InChI=1S/2C11H16N4O2.2C11H18N4O2.C8H12N4.C8H14N4.2C4H8O2/c1-3-17-10(16)15-8-7(9(12)13-15)6-14(2)11(8)4-5-11;1-3-17-10(16)15-9(12)7-6-14(2)11(4-5-11)8(7)13-15;1-5-17-10(16)15-8-7(9(12)13-15)6-14(4)11(8,2)3;1-5-17-10(16)15-9(12)7-6-14(4)11(2,3)8(7)13-15;1-12-4-5-6(8(12)2-3-8)10-11-7(5)9;1-8(2)6-5(4-12(8)3)7(9)11-10-6;2*1-3-6-4(2)5/h3-6H2,1-2H3,(H2,12,13);3-6,12H2,1-2H3;5-6H2,1-4H3,(H2,12,13);5-6,12H2,1-4H3;2-4H2,1H3,(H3,9,10,11);4H2,1-3H3,(H3,9,10,11);2*3H2,1-2H3. The van der Waals surface area contributed by atoms with Crippen LogP contribution in [-0.4, -0.2) is 207 Å². The van der Waals surface area contributed by atoms with E-state index in [9.17, 15) is 28.8 Å². The highest BCUT2D eigenvalue weighted by Crippen LogP contribution is 2.58. The van der Waals surface area contributed by atoms with Gasteiger partial charge >= 0.3 is 36.3 Å². The number of fused-ring (bicyclic) bond motifs is 9. The number of anilines is 6. The summed E-state index contributed by atoms with van der Waals surface area (Å²) in [7, 11) is 12.4. The van der Waals surface area contributed by atoms with Crippen LogP contribution in [0.2, 0.25) is 0 Å². The summed E-state index contributed by atoms with van der Waals surface area (Å²) in [4.78, 5) is 80.0. The summed E-state index contributed by atoms with van der Waals surface area (Å²) >= 11 is 0. The lowest BCUT2D eigenvalue weighted by atomic mass is 10.0. The van der Waals surface area contributed by atoms with Crippen LogP contribution in [0.25, 0.3) is 0 Å². The molecule has 0 saturated heterocycles. The van der Waals surface area contributed by atoms with Gasteiger partial charge in [-0.05, 0) is 164 Å². The van der Waals surface area contributed by atoms with Crippen LogP contribution in [0.4, 0.5) is 54.1 Å². The Morgan fingerprint density at radius 3 is 1.09 bits per heavy atom. The van der Waals surface area contributed by atoms with Crippen molar-refractivity contribution < 1.29 is 57.2 Å². The van der Waals surface area contributed by atoms with E-state index in [0.29, 0.717) is 93.2 Å². The van der Waals surface area contributed by atoms with Gasteiger partial charge in [-0.15, -0.1) is 19.6 Å². The van der Waals surface area contributed by atoms with Crippen molar-refractivity contribution in [3.63, 3.8) is 0 Å². The molecule has 0 unspecified atom stereocenters. The van der Waals surface area contributed by atoms with Gasteiger partial charge in [-0.25, -0.2) is 19.2 Å². The zero-order valence-electron chi connectivity index (χ0n) is 64.2. The topological polar surface area (TPSA) is 462 Å². The number of ether oxygens (including phenoxy) is 6. The van der Waals surface area contributed by atoms with Crippen molar-refractivity contribution in [2.24, 2.45) is 0 Å². The van der Waals surface area contributed by atoms with E-state index in [1.165, 1.54) is 52.0 Å². The van der Waals surface area contributed by atoms with Crippen LogP contribution in [0.15, 0.2) is 0 Å². The minimum absolute atomic E-state index is 0.0211. The lowest BCUT2D eigenvalue weighted by Crippen LogP contribution is -2.35. The molecule has 104 heavy (non-hydrogen) atoms. The van der Waals surface area contributed by atoms with Crippen LogP contribution in [0.5, 0.6) is 0 Å². The Kier molecular flexibility index (Phi) is 24.1. The first-order chi connectivity index (χ1) is 48.8. The molecule has 6 aromatic rings. The molecule has 3 spiro atoms. The van der Waals surface area contributed by atoms with Gasteiger partial charge in [-0.1, -0.05) is 0 Å². The summed E-state index contributed by atoms with van der Waals surface area (Å²) in [6.07, 6.45) is 4.89. The maximum atomic E-state index is 11.8. The molecule has 3 saturated carbocycles. The number of carbonyl (C=O) groups is 6. The van der Waals surface area contributed by atoms with Gasteiger partial charge in [0.2, 0.25) is 0 Å². The van der Waals surface area contributed by atoms with Gasteiger partial charge < -0.3 is 62.8 Å². The number of aromatic nitrogens is 12. The van der Waals surface area contributed by atoms with E-state index in [-0.39, 0.29) is 39.6 Å². The Balaban J connectivity index is 0.000000154. The van der Waals surface area contributed by atoms with Crippen molar-refractivity contribution in [2.75, 3.05) is 116 Å². The van der Waals surface area contributed by atoms with E-state index in [4.69, 9.17) is 53.3 Å². The molecule has 6 aliphatic heterocycles. The van der Waals surface area contributed by atoms with Crippen molar-refractivity contribution in [1.29, 1.82) is 0 Å². The number of aromatic amines is 2. The Bertz CT molecular complexity index is 3900. The van der Waals surface area contributed by atoms with Gasteiger partial charge in [0.15, 0.2) is 11.6 Å². The fourth-order valence-electron chi connectivity index (χ4n) is 13.9. The minimum atomic E-state index is -0.516. The molecule has 0 bridgehead atoms. The van der Waals surface area contributed by atoms with Gasteiger partial charge in [0.1, 0.15) is 23.3 Å². The summed E-state index contributed by atoms with van der Waals surface area (Å²) < 4.78 is 33.6. The van der Waals surface area contributed by atoms with Gasteiger partial charge in [0, 0.05) is 86.5 Å². The first-order valence-corrected chi connectivity index (χ1v) is 35.2. The second-order valence-corrected chi connectivity index (χ2v) is 28.5. The lowest BCUT2D eigenvalue weighted by Gasteiger charge is -2.28. The molecule has 0 amide bonds. The normalized spacial score (nSPS) is 18.8. The second kappa shape index (κ2) is 31.1. The Morgan fingerprint density at radius 2 is 0.673 bits per heavy atom. The molecule has 15 rings (SSSR count). The van der Waals surface area contributed by atoms with Gasteiger partial charge in [0.05, 0.1) is 107 Å². The van der Waals surface area contributed by atoms with Crippen LogP contribution < -0.4 is 34.4 Å². The zero-order chi connectivity index (χ0) is 77.3. The molecule has 9 aliphatic rings. The number of nitrogens with two attached hydrogens (primary N) is 6. The summed E-state index contributed by atoms with van der Waals surface area (Å²) in [6, 6.07) is 0. The number of nitrogens with zero attached hydrogens (tertiary/aromatic N) is 16. The second-order valence-electron chi connectivity index (χ2n) is 28.5. The predicted molar refractivity (Wildman–Crippen MR) is 387 cm³/mol. The summed E-state index contributed by atoms with van der Waals surface area (Å²) in [5.74, 6) is 2.57. The maximum absolute atomic E-state index is 11.8. The monoisotopic (exact) mass is 1450 g/mol. The maximum Gasteiger partial charge on any atom is 0.436 e. The van der Waals surface area contributed by atoms with Gasteiger partial charge in [0.25, 0.3) is 0 Å². The number of nitrogen functional groups attached to an aromatic ring is 6. The largest absolute Gasteiger partial charge is 0.466 e. The SMILES string of the molecule is CCOC(=O)n1nc(N)c2c1C(C)(C)N(C)C2.CCOC(=O)n1nc(N)c2c1C1(CC1)N(C)C2.CCOC(=O)n1nc2c(c1N)CN(C)C2(C)C.CCOC(=O)n1nc2c(c1N)CN(C)C21CC1.CCOC(C)=O.CCOC(C)=O.CN1Cc2c(N)n[nH]c2C1(C)C.CN1Cc2c(N)n[nH]c2C12CC2. The number of carbonyl (C=O) groups excluding carboxylic acids is 6. The minimum Gasteiger partial charge on any atom is -0.466 e. The Hall–Kier alpha value is -9.36.